The van der Waals surface area contributed by atoms with Crippen molar-refractivity contribution >= 4 is 44.7 Å². The van der Waals surface area contributed by atoms with Crippen molar-refractivity contribution in [2.24, 2.45) is 5.84 Å². The fourth-order valence-corrected chi connectivity index (χ4v) is 2.88. The molecule has 0 saturated carbocycles. The maximum absolute atomic E-state index is 5.36. The largest absolute Gasteiger partial charge is 0.364 e. The second-order valence-corrected chi connectivity index (χ2v) is 5.13. The first-order valence-corrected chi connectivity index (χ1v) is 7.02. The van der Waals surface area contributed by atoms with Gasteiger partial charge in [-0.15, -0.1) is 22.7 Å². The Morgan fingerprint density at radius 2 is 2.28 bits per heavy atom. The van der Waals surface area contributed by atoms with Crippen LogP contribution in [0.5, 0.6) is 0 Å². The Balaban J connectivity index is 1.92. The molecule has 0 radical (unpaired) electrons. The van der Waals surface area contributed by atoms with Crippen LogP contribution in [0.15, 0.2) is 22.3 Å². The van der Waals surface area contributed by atoms with Gasteiger partial charge in [-0.05, 0) is 11.4 Å². The van der Waals surface area contributed by atoms with Crippen molar-refractivity contribution in [1.29, 1.82) is 0 Å². The lowest BCUT2D eigenvalue weighted by Crippen LogP contribution is -2.12. The Bertz CT molecular complexity index is 647. The molecule has 0 aromatic carbocycles. The van der Waals surface area contributed by atoms with E-state index in [4.69, 9.17) is 5.84 Å². The van der Waals surface area contributed by atoms with Crippen LogP contribution in [0.25, 0.3) is 10.2 Å². The van der Waals surface area contributed by atoms with Gasteiger partial charge < -0.3 is 5.32 Å². The zero-order chi connectivity index (χ0) is 12.4. The van der Waals surface area contributed by atoms with Crippen LogP contribution >= 0.6 is 22.7 Å². The molecule has 3 rings (SSSR count). The predicted molar refractivity (Wildman–Crippen MR) is 74.7 cm³/mol. The minimum Gasteiger partial charge on any atom is -0.364 e. The van der Waals surface area contributed by atoms with Gasteiger partial charge in [0.2, 0.25) is 5.95 Å². The summed E-state index contributed by atoms with van der Waals surface area (Å²) in [5.74, 6) is 6.53. The van der Waals surface area contributed by atoms with Gasteiger partial charge in [-0.2, -0.15) is 4.98 Å². The van der Waals surface area contributed by atoms with Crippen molar-refractivity contribution < 1.29 is 0 Å². The Labute approximate surface area is 111 Å². The van der Waals surface area contributed by atoms with Crippen LogP contribution < -0.4 is 16.6 Å². The summed E-state index contributed by atoms with van der Waals surface area (Å²) in [6, 6.07) is 1.99. The molecule has 3 heterocycles. The molecule has 3 aromatic heterocycles. The van der Waals surface area contributed by atoms with Gasteiger partial charge in [-0.3, -0.25) is 5.43 Å². The summed E-state index contributed by atoms with van der Waals surface area (Å²) in [5, 5.41) is 8.23. The third-order valence-electron chi connectivity index (χ3n) is 2.37. The smallest absolute Gasteiger partial charge is 0.240 e. The molecule has 8 heteroatoms. The minimum atomic E-state index is 0.408. The third kappa shape index (κ3) is 2.13. The molecule has 18 heavy (non-hydrogen) atoms. The van der Waals surface area contributed by atoms with Gasteiger partial charge in [0.05, 0.1) is 23.1 Å². The average Bonchev–Trinajstić information content (AvgIpc) is 3.06. The van der Waals surface area contributed by atoms with E-state index < -0.39 is 0 Å². The molecule has 0 unspecified atom stereocenters. The molecule has 0 bridgehead atoms. The van der Waals surface area contributed by atoms with E-state index in [1.807, 2.05) is 22.3 Å². The number of fused-ring (bicyclic) bond motifs is 1. The quantitative estimate of drug-likeness (QED) is 0.500. The van der Waals surface area contributed by atoms with Crippen LogP contribution in [0, 0.1) is 0 Å². The summed E-state index contributed by atoms with van der Waals surface area (Å²) in [7, 11) is 0. The van der Waals surface area contributed by atoms with Gasteiger partial charge in [0.15, 0.2) is 0 Å². The molecule has 0 spiro atoms. The number of rotatable bonds is 4. The summed E-state index contributed by atoms with van der Waals surface area (Å²) in [6.45, 7) is 0.634. The first-order valence-electron chi connectivity index (χ1n) is 5.19. The molecule has 0 aliphatic carbocycles. The number of hydrazine groups is 1. The highest BCUT2D eigenvalue weighted by molar-refractivity contribution is 7.16. The predicted octanol–water partition coefficient (Wildman–Crippen LogP) is 2.05. The molecule has 0 atom stereocenters. The second-order valence-electron chi connectivity index (χ2n) is 3.51. The maximum atomic E-state index is 5.36. The van der Waals surface area contributed by atoms with E-state index in [-0.39, 0.29) is 0 Å². The standard InChI is InChI=1S/C10H10N6S2/c11-16-10-14-8(7-1-2-18-9(7)15-10)12-3-6-4-17-5-13-6/h1-2,4-5H,3,11H2,(H2,12,14,15,16). The van der Waals surface area contributed by atoms with Crippen LogP contribution in [0.3, 0.4) is 0 Å². The molecular weight excluding hydrogens is 268 g/mol. The Morgan fingerprint density at radius 1 is 1.33 bits per heavy atom. The Kier molecular flexibility index (Phi) is 3.05. The summed E-state index contributed by atoms with van der Waals surface area (Å²) < 4.78 is 0. The summed E-state index contributed by atoms with van der Waals surface area (Å²) >= 11 is 3.13. The molecule has 0 amide bonds. The van der Waals surface area contributed by atoms with Crippen LogP contribution in [0.2, 0.25) is 0 Å². The molecule has 3 aromatic rings. The van der Waals surface area contributed by atoms with Gasteiger partial charge >= 0.3 is 0 Å². The summed E-state index contributed by atoms with van der Waals surface area (Å²) in [6.07, 6.45) is 0. The number of nitrogens with zero attached hydrogens (tertiary/aromatic N) is 3. The molecule has 4 N–H and O–H groups in total. The van der Waals surface area contributed by atoms with Crippen molar-refractivity contribution in [1.82, 2.24) is 15.0 Å². The monoisotopic (exact) mass is 278 g/mol. The van der Waals surface area contributed by atoms with Gasteiger partial charge in [0.25, 0.3) is 0 Å². The van der Waals surface area contributed by atoms with Crippen LogP contribution in [-0.2, 0) is 6.54 Å². The van der Waals surface area contributed by atoms with E-state index in [2.05, 4.69) is 25.7 Å². The highest BCUT2D eigenvalue weighted by atomic mass is 32.1. The second kappa shape index (κ2) is 4.84. The minimum absolute atomic E-state index is 0.408. The zero-order valence-electron chi connectivity index (χ0n) is 9.25. The number of hydrogen-bond acceptors (Lipinski definition) is 8. The zero-order valence-corrected chi connectivity index (χ0v) is 10.9. The molecule has 92 valence electrons. The van der Waals surface area contributed by atoms with Crippen LogP contribution in [0.4, 0.5) is 11.8 Å². The number of nitrogen functional groups attached to an aromatic ring is 1. The average molecular weight is 278 g/mol. The number of nitrogens with one attached hydrogen (secondary N) is 2. The molecule has 0 aliphatic rings. The molecule has 0 saturated heterocycles. The van der Waals surface area contributed by atoms with E-state index in [9.17, 15) is 0 Å². The highest BCUT2D eigenvalue weighted by Crippen LogP contribution is 2.26. The lowest BCUT2D eigenvalue weighted by atomic mass is 10.3. The number of thiophene rings is 1. The number of anilines is 2. The van der Waals surface area contributed by atoms with E-state index in [1.165, 1.54) is 0 Å². The number of hydrogen-bond donors (Lipinski definition) is 3. The number of thiazole rings is 1. The molecule has 0 aliphatic heterocycles. The van der Waals surface area contributed by atoms with Crippen LogP contribution in [-0.4, -0.2) is 15.0 Å². The fourth-order valence-electron chi connectivity index (χ4n) is 1.55. The first-order chi connectivity index (χ1) is 8.86. The van der Waals surface area contributed by atoms with Gasteiger partial charge in [-0.25, -0.2) is 15.8 Å². The fraction of sp³-hybridized carbons (Fsp3) is 0.100. The lowest BCUT2D eigenvalue weighted by molar-refractivity contribution is 1.05. The number of nitrogens with two attached hydrogens (primary N) is 1. The van der Waals surface area contributed by atoms with Crippen molar-refractivity contribution in [3.63, 3.8) is 0 Å². The first kappa shape index (κ1) is 11.3. The van der Waals surface area contributed by atoms with Crippen molar-refractivity contribution in [3.05, 3.63) is 28.0 Å². The third-order valence-corrected chi connectivity index (χ3v) is 3.82. The Hall–Kier alpha value is -1.77. The van der Waals surface area contributed by atoms with Crippen molar-refractivity contribution in [3.8, 4) is 0 Å². The summed E-state index contributed by atoms with van der Waals surface area (Å²) in [4.78, 5) is 13.7. The normalized spacial score (nSPS) is 10.7. The molecule has 6 nitrogen and oxygen atoms in total. The van der Waals surface area contributed by atoms with E-state index in [0.717, 1.165) is 21.7 Å². The SMILES string of the molecule is NNc1nc(NCc2cscn2)c2ccsc2n1. The van der Waals surface area contributed by atoms with Crippen molar-refractivity contribution in [2.75, 3.05) is 10.7 Å². The van der Waals surface area contributed by atoms with Crippen LogP contribution in [0.1, 0.15) is 5.69 Å². The maximum Gasteiger partial charge on any atom is 0.240 e. The van der Waals surface area contributed by atoms with E-state index in [0.29, 0.717) is 12.5 Å². The van der Waals surface area contributed by atoms with Gasteiger partial charge in [0, 0.05) is 5.38 Å². The van der Waals surface area contributed by atoms with E-state index in [1.54, 1.807) is 22.7 Å². The van der Waals surface area contributed by atoms with Gasteiger partial charge in [0.1, 0.15) is 10.6 Å². The molecule has 0 fully saturated rings. The highest BCUT2D eigenvalue weighted by Gasteiger charge is 2.08. The Morgan fingerprint density at radius 3 is 3.06 bits per heavy atom. The topological polar surface area (TPSA) is 88.8 Å². The lowest BCUT2D eigenvalue weighted by Gasteiger charge is -2.07. The van der Waals surface area contributed by atoms with Gasteiger partial charge in [-0.1, -0.05) is 0 Å². The van der Waals surface area contributed by atoms with E-state index >= 15 is 0 Å². The molecular formula is C10H10N6S2. The number of aromatic nitrogens is 3. The van der Waals surface area contributed by atoms with Crippen molar-refractivity contribution in [2.45, 2.75) is 6.54 Å². The summed E-state index contributed by atoms with van der Waals surface area (Å²) in [5.41, 5.74) is 5.27.